The summed E-state index contributed by atoms with van der Waals surface area (Å²) in [6.07, 6.45) is 5.59. The highest BCUT2D eigenvalue weighted by molar-refractivity contribution is 7.07. The summed E-state index contributed by atoms with van der Waals surface area (Å²) in [6.45, 7) is 5.97. The van der Waals surface area contributed by atoms with Crippen LogP contribution in [0.1, 0.15) is 20.8 Å². The second kappa shape index (κ2) is 16.6. The predicted octanol–water partition coefficient (Wildman–Crippen LogP) is 2.91. The molecule has 0 aliphatic carbocycles. The first kappa shape index (κ1) is 13.7. The summed E-state index contributed by atoms with van der Waals surface area (Å²) in [7, 11) is 1.88. The molecule has 0 aromatic carbocycles. The van der Waals surface area contributed by atoms with E-state index in [4.69, 9.17) is 0 Å². The van der Waals surface area contributed by atoms with Crippen molar-refractivity contribution in [2.24, 2.45) is 0 Å². The number of hydrogen-bond donors (Lipinski definition) is 1. The molecule has 0 radical (unpaired) electrons. The van der Waals surface area contributed by atoms with E-state index in [1.807, 2.05) is 45.5 Å². The lowest BCUT2D eigenvalue weighted by molar-refractivity contribution is 1.10. The smallest absolute Gasteiger partial charge is 0.0791 e. The van der Waals surface area contributed by atoms with Crippen molar-refractivity contribution in [3.8, 4) is 0 Å². The third-order valence-corrected chi connectivity index (χ3v) is 1.20. The van der Waals surface area contributed by atoms with Gasteiger partial charge < -0.3 is 5.32 Å². The summed E-state index contributed by atoms with van der Waals surface area (Å²) in [6, 6.07) is 0. The molecule has 0 aliphatic rings. The van der Waals surface area contributed by atoms with Crippen molar-refractivity contribution in [2.45, 2.75) is 20.8 Å². The van der Waals surface area contributed by atoms with Crippen molar-refractivity contribution in [3.05, 3.63) is 29.4 Å². The monoisotopic (exact) mass is 186 g/mol. The lowest BCUT2D eigenvalue weighted by Gasteiger charge is -1.75. The number of aromatic nitrogens is 1. The number of allylic oxidation sites excluding steroid dienone is 1. The topological polar surface area (TPSA) is 24.9 Å². The lowest BCUT2D eigenvalue weighted by Crippen LogP contribution is -1.89. The van der Waals surface area contributed by atoms with Crippen molar-refractivity contribution in [1.29, 1.82) is 0 Å². The van der Waals surface area contributed by atoms with E-state index in [1.54, 1.807) is 23.0 Å². The largest absolute Gasteiger partial charge is 0.394 e. The van der Waals surface area contributed by atoms with Crippen molar-refractivity contribution in [2.75, 3.05) is 7.05 Å². The third kappa shape index (κ3) is 16.1. The number of nitrogens with one attached hydrogen (secondary N) is 1. The highest BCUT2D eigenvalue weighted by atomic mass is 32.1. The standard InChI is InChI=1S/C4H9N.C3H3NS.C2H6/c1-3-4-5-2;1-2-5-3-4-1;1-2/h3-5H,1-2H3;1-3H;1-2H3/b4-3-;;. The summed E-state index contributed by atoms with van der Waals surface area (Å²) in [4.78, 5) is 3.74. The minimum Gasteiger partial charge on any atom is -0.394 e. The van der Waals surface area contributed by atoms with Crippen molar-refractivity contribution in [3.63, 3.8) is 0 Å². The van der Waals surface area contributed by atoms with Gasteiger partial charge in [0.15, 0.2) is 0 Å². The van der Waals surface area contributed by atoms with E-state index in [1.165, 1.54) is 0 Å². The maximum Gasteiger partial charge on any atom is 0.0791 e. The maximum atomic E-state index is 3.74. The van der Waals surface area contributed by atoms with Crippen molar-refractivity contribution >= 4 is 11.3 Å². The van der Waals surface area contributed by atoms with Crippen LogP contribution in [0.4, 0.5) is 0 Å². The molecular weight excluding hydrogens is 168 g/mol. The fourth-order valence-electron chi connectivity index (χ4n) is 0.342. The summed E-state index contributed by atoms with van der Waals surface area (Å²) in [5.41, 5.74) is 1.79. The van der Waals surface area contributed by atoms with Crippen molar-refractivity contribution in [1.82, 2.24) is 10.3 Å². The normalized spacial score (nSPS) is 7.67. The van der Waals surface area contributed by atoms with Gasteiger partial charge in [0, 0.05) is 18.6 Å². The van der Waals surface area contributed by atoms with E-state index in [-0.39, 0.29) is 0 Å². The summed E-state index contributed by atoms with van der Waals surface area (Å²) in [5, 5.41) is 4.77. The van der Waals surface area contributed by atoms with Crippen LogP contribution in [0.25, 0.3) is 0 Å². The molecule has 1 N–H and O–H groups in total. The van der Waals surface area contributed by atoms with Crippen LogP contribution in [-0.4, -0.2) is 12.0 Å². The van der Waals surface area contributed by atoms with Gasteiger partial charge in [-0.15, -0.1) is 11.3 Å². The number of rotatable bonds is 1. The molecule has 2 nitrogen and oxygen atoms in total. The quantitative estimate of drug-likeness (QED) is 0.729. The van der Waals surface area contributed by atoms with Crippen LogP contribution in [0.5, 0.6) is 0 Å². The predicted molar refractivity (Wildman–Crippen MR) is 57.3 cm³/mol. The first-order valence-corrected chi connectivity index (χ1v) is 4.96. The Morgan fingerprint density at radius 1 is 1.42 bits per heavy atom. The molecule has 0 fully saturated rings. The van der Waals surface area contributed by atoms with Gasteiger partial charge in [-0.2, -0.15) is 0 Å². The average molecular weight is 186 g/mol. The van der Waals surface area contributed by atoms with E-state index in [2.05, 4.69) is 10.3 Å². The van der Waals surface area contributed by atoms with Crippen LogP contribution in [-0.2, 0) is 0 Å². The minimum atomic E-state index is 1.60. The fourth-order valence-corrected chi connectivity index (χ4v) is 0.694. The van der Waals surface area contributed by atoms with Gasteiger partial charge in [-0.1, -0.05) is 19.9 Å². The molecule has 0 spiro atoms. The van der Waals surface area contributed by atoms with Crippen LogP contribution < -0.4 is 5.32 Å². The van der Waals surface area contributed by atoms with Gasteiger partial charge in [0.25, 0.3) is 0 Å². The molecule has 0 atom stereocenters. The van der Waals surface area contributed by atoms with Crippen LogP contribution in [0.2, 0.25) is 0 Å². The van der Waals surface area contributed by atoms with Crippen LogP contribution in [0.3, 0.4) is 0 Å². The summed E-state index contributed by atoms with van der Waals surface area (Å²) in [5.74, 6) is 0. The average Bonchev–Trinajstić information content (AvgIpc) is 2.67. The molecule has 0 saturated heterocycles. The van der Waals surface area contributed by atoms with E-state index >= 15 is 0 Å². The second-order valence-corrected chi connectivity index (χ2v) is 2.22. The molecule has 1 rings (SSSR count). The van der Waals surface area contributed by atoms with Gasteiger partial charge in [-0.05, 0) is 13.1 Å². The zero-order valence-electron chi connectivity index (χ0n) is 8.24. The molecule has 0 saturated carbocycles. The molecule has 0 amide bonds. The highest BCUT2D eigenvalue weighted by Crippen LogP contribution is 1.85. The molecule has 70 valence electrons. The Morgan fingerprint density at radius 2 is 2.08 bits per heavy atom. The summed E-state index contributed by atoms with van der Waals surface area (Å²) < 4.78 is 0. The van der Waals surface area contributed by atoms with E-state index < -0.39 is 0 Å². The Hall–Kier alpha value is -0.830. The van der Waals surface area contributed by atoms with Gasteiger partial charge in [0.05, 0.1) is 5.51 Å². The molecule has 1 heterocycles. The highest BCUT2D eigenvalue weighted by Gasteiger charge is 1.59. The number of hydrogen-bond acceptors (Lipinski definition) is 3. The SMILES string of the molecule is C/C=C\NC.CC.c1cscn1. The molecule has 0 bridgehead atoms. The van der Waals surface area contributed by atoms with E-state index in [0.717, 1.165) is 0 Å². The molecule has 1 aromatic rings. The van der Waals surface area contributed by atoms with Crippen molar-refractivity contribution < 1.29 is 0 Å². The Labute approximate surface area is 79.4 Å². The Balaban J connectivity index is 0. The first-order chi connectivity index (χ1) is 5.91. The zero-order valence-corrected chi connectivity index (χ0v) is 9.06. The lowest BCUT2D eigenvalue weighted by atomic mass is 10.7. The van der Waals surface area contributed by atoms with Gasteiger partial charge in [-0.3, -0.25) is 4.98 Å². The minimum absolute atomic E-state index is 1.60. The van der Waals surface area contributed by atoms with Gasteiger partial charge in [0.1, 0.15) is 0 Å². The fraction of sp³-hybridized carbons (Fsp3) is 0.444. The number of thiazole rings is 1. The van der Waals surface area contributed by atoms with E-state index in [0.29, 0.717) is 0 Å². The molecular formula is C9H18N2S. The first-order valence-electron chi connectivity index (χ1n) is 4.02. The molecule has 0 aliphatic heterocycles. The molecule has 12 heavy (non-hydrogen) atoms. The molecule has 0 unspecified atom stereocenters. The van der Waals surface area contributed by atoms with Crippen LogP contribution >= 0.6 is 11.3 Å². The molecule has 1 aromatic heterocycles. The van der Waals surface area contributed by atoms with Crippen LogP contribution in [0.15, 0.2) is 29.4 Å². The Kier molecular flexibility index (Phi) is 19.0. The Bertz CT molecular complexity index is 130. The maximum absolute atomic E-state index is 3.74. The third-order valence-electron chi connectivity index (χ3n) is 0.681. The summed E-state index contributed by atoms with van der Waals surface area (Å²) >= 11 is 1.60. The van der Waals surface area contributed by atoms with Gasteiger partial charge in [-0.25, -0.2) is 0 Å². The van der Waals surface area contributed by atoms with Gasteiger partial charge in [0.2, 0.25) is 0 Å². The van der Waals surface area contributed by atoms with Crippen LogP contribution in [0, 0.1) is 0 Å². The Morgan fingerprint density at radius 3 is 2.17 bits per heavy atom. The number of nitrogens with zero attached hydrogens (tertiary/aromatic N) is 1. The van der Waals surface area contributed by atoms with E-state index in [9.17, 15) is 0 Å². The second-order valence-electron chi connectivity index (χ2n) is 1.46. The zero-order chi connectivity index (χ0) is 9.66. The van der Waals surface area contributed by atoms with Gasteiger partial charge >= 0.3 is 0 Å². The molecule has 3 heteroatoms.